The van der Waals surface area contributed by atoms with Crippen LogP contribution in [-0.2, 0) is 0 Å². The molecule has 1 aromatic carbocycles. The van der Waals surface area contributed by atoms with E-state index >= 15 is 0 Å². The molecule has 4 rings (SSSR count). The van der Waals surface area contributed by atoms with E-state index in [0.717, 1.165) is 10.9 Å². The highest BCUT2D eigenvalue weighted by Crippen LogP contribution is 2.44. The van der Waals surface area contributed by atoms with Gasteiger partial charge in [0.25, 0.3) is 5.91 Å². The summed E-state index contributed by atoms with van der Waals surface area (Å²) >= 11 is 6.07. The SMILES string of the molecule is Cc1c(Cl)cccc1NC(=O)c1cnn2c1N[C@@H](c1ccco1)C[C@@H]2C(F)(F)F. The molecule has 3 aromatic rings. The van der Waals surface area contributed by atoms with E-state index in [-0.39, 0.29) is 17.8 Å². The lowest BCUT2D eigenvalue weighted by atomic mass is 10.0. The number of nitrogens with one attached hydrogen (secondary N) is 2. The summed E-state index contributed by atoms with van der Waals surface area (Å²) in [6.45, 7) is 1.73. The Morgan fingerprint density at radius 1 is 1.34 bits per heavy atom. The van der Waals surface area contributed by atoms with Crippen LogP contribution in [0.25, 0.3) is 0 Å². The molecule has 0 saturated carbocycles. The number of carbonyl (C=O) groups excluding carboxylic acids is 1. The Balaban J connectivity index is 1.70. The first kappa shape index (κ1) is 19.4. The molecule has 0 bridgehead atoms. The van der Waals surface area contributed by atoms with E-state index in [4.69, 9.17) is 16.0 Å². The number of halogens is 4. The second kappa shape index (κ2) is 7.14. The minimum Gasteiger partial charge on any atom is -0.467 e. The van der Waals surface area contributed by atoms with Crippen molar-refractivity contribution in [1.82, 2.24) is 9.78 Å². The fraction of sp³-hybridized carbons (Fsp3) is 0.263. The van der Waals surface area contributed by atoms with Crippen molar-refractivity contribution in [1.29, 1.82) is 0 Å². The number of nitrogens with zero attached hydrogens (tertiary/aromatic N) is 2. The van der Waals surface area contributed by atoms with Crippen LogP contribution >= 0.6 is 11.6 Å². The highest BCUT2D eigenvalue weighted by molar-refractivity contribution is 6.31. The Hall–Kier alpha value is -2.94. The van der Waals surface area contributed by atoms with Crippen LogP contribution in [0.1, 0.15) is 40.2 Å². The van der Waals surface area contributed by atoms with Crippen molar-refractivity contribution in [3.63, 3.8) is 0 Å². The number of hydrogen-bond acceptors (Lipinski definition) is 4. The molecule has 2 atom stereocenters. The van der Waals surface area contributed by atoms with Crippen LogP contribution in [0.4, 0.5) is 24.7 Å². The number of benzene rings is 1. The number of amides is 1. The molecule has 2 aromatic heterocycles. The van der Waals surface area contributed by atoms with E-state index in [2.05, 4.69) is 15.7 Å². The first-order valence-electron chi connectivity index (χ1n) is 8.76. The van der Waals surface area contributed by atoms with E-state index in [1.54, 1.807) is 37.3 Å². The molecular weight excluding hydrogens is 409 g/mol. The Labute approximate surface area is 168 Å². The summed E-state index contributed by atoms with van der Waals surface area (Å²) in [6, 6.07) is 5.56. The number of furan rings is 1. The fourth-order valence-corrected chi connectivity index (χ4v) is 3.51. The Kier molecular flexibility index (Phi) is 4.77. The number of rotatable bonds is 3. The van der Waals surface area contributed by atoms with Crippen LogP contribution in [0.2, 0.25) is 5.02 Å². The lowest BCUT2D eigenvalue weighted by Gasteiger charge is -2.32. The molecule has 3 heterocycles. The minimum absolute atomic E-state index is 0.00474. The highest BCUT2D eigenvalue weighted by Gasteiger charge is 2.47. The van der Waals surface area contributed by atoms with Gasteiger partial charge in [0.15, 0.2) is 6.04 Å². The van der Waals surface area contributed by atoms with Gasteiger partial charge < -0.3 is 15.1 Å². The standard InChI is InChI=1S/C19H16ClF3N4O2/c1-10-12(20)4-2-5-13(10)26-18(28)11-9-24-27-16(19(21,22)23)8-14(25-17(11)27)15-6-3-7-29-15/h2-7,9,14,16,25H,8H2,1H3,(H,26,28)/t14-,16-/m1/s1. The van der Waals surface area contributed by atoms with Crippen molar-refractivity contribution in [3.8, 4) is 0 Å². The van der Waals surface area contributed by atoms with Gasteiger partial charge in [-0.05, 0) is 36.8 Å². The Morgan fingerprint density at radius 3 is 2.83 bits per heavy atom. The predicted molar refractivity (Wildman–Crippen MR) is 101 cm³/mol. The van der Waals surface area contributed by atoms with E-state index in [1.165, 1.54) is 6.26 Å². The van der Waals surface area contributed by atoms with E-state index in [9.17, 15) is 18.0 Å². The van der Waals surface area contributed by atoms with Crippen LogP contribution in [0.15, 0.2) is 47.2 Å². The zero-order chi connectivity index (χ0) is 20.8. The normalized spacial score (nSPS) is 18.8. The predicted octanol–water partition coefficient (Wildman–Crippen LogP) is 5.35. The molecule has 0 radical (unpaired) electrons. The van der Waals surface area contributed by atoms with Gasteiger partial charge in [-0.15, -0.1) is 0 Å². The molecule has 6 nitrogen and oxygen atoms in total. The maximum absolute atomic E-state index is 13.7. The van der Waals surface area contributed by atoms with Gasteiger partial charge in [-0.3, -0.25) is 4.79 Å². The summed E-state index contributed by atoms with van der Waals surface area (Å²) in [4.78, 5) is 12.8. The third kappa shape index (κ3) is 3.57. The van der Waals surface area contributed by atoms with Crippen molar-refractivity contribution >= 4 is 29.0 Å². The van der Waals surface area contributed by atoms with Gasteiger partial charge in [-0.2, -0.15) is 18.3 Å². The number of aromatic nitrogens is 2. The van der Waals surface area contributed by atoms with E-state index in [1.807, 2.05) is 0 Å². The second-order valence-electron chi connectivity index (χ2n) is 6.72. The first-order valence-corrected chi connectivity index (χ1v) is 9.14. The molecule has 1 aliphatic rings. The lowest BCUT2D eigenvalue weighted by molar-refractivity contribution is -0.174. The van der Waals surface area contributed by atoms with Crippen molar-refractivity contribution in [2.24, 2.45) is 0 Å². The number of alkyl halides is 3. The molecule has 0 fully saturated rings. The highest BCUT2D eigenvalue weighted by atomic mass is 35.5. The lowest BCUT2D eigenvalue weighted by Crippen LogP contribution is -2.36. The average Bonchev–Trinajstić information content (AvgIpc) is 3.33. The molecule has 0 unspecified atom stereocenters. The van der Waals surface area contributed by atoms with Gasteiger partial charge in [-0.25, -0.2) is 4.68 Å². The number of hydrogen-bond donors (Lipinski definition) is 2. The summed E-state index contributed by atoms with van der Waals surface area (Å²) in [6.07, 6.45) is -2.33. The second-order valence-corrected chi connectivity index (χ2v) is 7.13. The van der Waals surface area contributed by atoms with Crippen molar-refractivity contribution in [2.75, 3.05) is 10.6 Å². The quantitative estimate of drug-likeness (QED) is 0.594. The number of anilines is 2. The van der Waals surface area contributed by atoms with E-state index in [0.29, 0.717) is 22.0 Å². The maximum Gasteiger partial charge on any atom is 0.410 e. The third-order valence-corrected chi connectivity index (χ3v) is 5.30. The zero-order valence-corrected chi connectivity index (χ0v) is 15.9. The summed E-state index contributed by atoms with van der Waals surface area (Å²) in [5.41, 5.74) is 1.11. The van der Waals surface area contributed by atoms with Crippen LogP contribution in [0.5, 0.6) is 0 Å². The summed E-state index contributed by atoms with van der Waals surface area (Å²) in [5.74, 6) is -0.258. The van der Waals surface area contributed by atoms with Gasteiger partial charge in [0.1, 0.15) is 17.1 Å². The molecule has 1 aliphatic heterocycles. The Morgan fingerprint density at radius 2 is 2.14 bits per heavy atom. The first-order chi connectivity index (χ1) is 13.8. The average molecular weight is 425 g/mol. The maximum atomic E-state index is 13.7. The van der Waals surface area contributed by atoms with Crippen molar-refractivity contribution in [2.45, 2.75) is 31.6 Å². The third-order valence-electron chi connectivity index (χ3n) is 4.89. The van der Waals surface area contributed by atoms with Crippen LogP contribution in [0.3, 0.4) is 0 Å². The summed E-state index contributed by atoms with van der Waals surface area (Å²) in [7, 11) is 0. The minimum atomic E-state index is -4.54. The molecule has 2 N–H and O–H groups in total. The van der Waals surface area contributed by atoms with Gasteiger partial charge >= 0.3 is 6.18 Å². The molecule has 152 valence electrons. The van der Waals surface area contributed by atoms with Crippen LogP contribution in [-0.4, -0.2) is 21.9 Å². The van der Waals surface area contributed by atoms with Gasteiger partial charge in [0, 0.05) is 17.1 Å². The molecule has 1 amide bonds. The molecule has 10 heteroatoms. The number of fused-ring (bicyclic) bond motifs is 1. The zero-order valence-electron chi connectivity index (χ0n) is 15.1. The summed E-state index contributed by atoms with van der Waals surface area (Å²) in [5, 5.41) is 9.95. The van der Waals surface area contributed by atoms with Gasteiger partial charge in [-0.1, -0.05) is 17.7 Å². The monoisotopic (exact) mass is 424 g/mol. The molecular formula is C19H16ClF3N4O2. The van der Waals surface area contributed by atoms with Gasteiger partial charge in [0.2, 0.25) is 0 Å². The summed E-state index contributed by atoms with van der Waals surface area (Å²) < 4.78 is 47.0. The fourth-order valence-electron chi connectivity index (χ4n) is 3.34. The Bertz CT molecular complexity index is 1050. The molecule has 0 spiro atoms. The molecule has 0 aliphatic carbocycles. The van der Waals surface area contributed by atoms with Crippen molar-refractivity contribution < 1.29 is 22.4 Å². The van der Waals surface area contributed by atoms with Crippen LogP contribution in [0, 0.1) is 6.92 Å². The van der Waals surface area contributed by atoms with Crippen LogP contribution < -0.4 is 10.6 Å². The number of carbonyl (C=O) groups is 1. The van der Waals surface area contributed by atoms with E-state index < -0.39 is 24.2 Å². The molecule has 0 saturated heterocycles. The van der Waals surface area contributed by atoms with Gasteiger partial charge in [0.05, 0.1) is 18.5 Å². The topological polar surface area (TPSA) is 72.1 Å². The smallest absolute Gasteiger partial charge is 0.410 e. The van der Waals surface area contributed by atoms with Crippen molar-refractivity contribution in [3.05, 3.63) is 64.7 Å². The molecule has 29 heavy (non-hydrogen) atoms. The largest absolute Gasteiger partial charge is 0.467 e.